The lowest BCUT2D eigenvalue weighted by molar-refractivity contribution is -0.164. The molecule has 21 heteroatoms. The molecule has 0 unspecified atom stereocenters. The molecule has 0 aliphatic carbocycles. The van der Waals surface area contributed by atoms with Gasteiger partial charge in [0.05, 0.1) is 18.4 Å². The highest BCUT2D eigenvalue weighted by Gasteiger charge is 2.40. The van der Waals surface area contributed by atoms with Crippen LogP contribution >= 0.6 is 0 Å². The topological polar surface area (TPSA) is 333 Å². The summed E-state index contributed by atoms with van der Waals surface area (Å²) >= 11 is 0. The zero-order valence-corrected chi connectivity index (χ0v) is 30.2. The molecule has 1 atom stereocenters. The Morgan fingerprint density at radius 1 is 0.593 bits per heavy atom. The third-order valence-electron chi connectivity index (χ3n) is 7.74. The van der Waals surface area contributed by atoms with Crippen molar-refractivity contribution < 1.29 is 67.6 Å². The number of phenols is 4. The Labute approximate surface area is 311 Å². The van der Waals surface area contributed by atoms with Gasteiger partial charge < -0.3 is 62.5 Å². The van der Waals surface area contributed by atoms with Crippen molar-refractivity contribution >= 4 is 39.7 Å². The Bertz CT molecular complexity index is 1730. The number of rotatable bonds is 25. The molecular formula is C33H48N6O14S. The second-order valence-corrected chi connectivity index (χ2v) is 13.5. The molecule has 0 spiro atoms. The number of aliphatic carboxylic acids is 1. The number of unbranched alkanes of at least 4 members (excludes halogenated alkanes) is 1. The van der Waals surface area contributed by atoms with Crippen LogP contribution in [0.2, 0.25) is 0 Å². The minimum absolute atomic E-state index is 0.110. The highest BCUT2D eigenvalue weighted by molar-refractivity contribution is 7.86. The van der Waals surface area contributed by atoms with Crippen LogP contribution in [0.1, 0.15) is 65.7 Å². The average molecular weight is 785 g/mol. The van der Waals surface area contributed by atoms with Crippen molar-refractivity contribution in [3.05, 3.63) is 41.5 Å². The zero-order valence-electron chi connectivity index (χ0n) is 29.4. The van der Waals surface area contributed by atoms with Crippen LogP contribution in [0.25, 0.3) is 0 Å². The number of carboxylic acids is 1. The highest BCUT2D eigenvalue weighted by atomic mass is 32.2. The van der Waals surface area contributed by atoms with E-state index in [1.165, 1.54) is 12.1 Å². The first kappa shape index (κ1) is 44.9. The number of hydrogen-bond donors (Lipinski definition) is 13. The normalized spacial score (nSPS) is 12.3. The molecule has 54 heavy (non-hydrogen) atoms. The maximum absolute atomic E-state index is 12.3. The van der Waals surface area contributed by atoms with E-state index in [0.29, 0.717) is 64.8 Å². The second kappa shape index (κ2) is 22.1. The molecule has 4 amide bonds. The van der Waals surface area contributed by atoms with Gasteiger partial charge in [-0.3, -0.25) is 23.7 Å². The largest absolute Gasteiger partial charge is 0.504 e. The maximum atomic E-state index is 12.3. The fourth-order valence-corrected chi connectivity index (χ4v) is 5.64. The van der Waals surface area contributed by atoms with Crippen LogP contribution in [-0.4, -0.2) is 131 Å². The summed E-state index contributed by atoms with van der Waals surface area (Å²) in [5.74, 6) is -7.21. The van der Waals surface area contributed by atoms with Crippen LogP contribution in [0.5, 0.6) is 23.0 Å². The van der Waals surface area contributed by atoms with Crippen molar-refractivity contribution in [2.24, 2.45) is 0 Å². The van der Waals surface area contributed by atoms with Gasteiger partial charge in [0.2, 0.25) is 11.8 Å². The Morgan fingerprint density at radius 2 is 1.06 bits per heavy atom. The van der Waals surface area contributed by atoms with E-state index in [1.807, 2.05) is 0 Å². The summed E-state index contributed by atoms with van der Waals surface area (Å²) in [4.78, 5) is 59.6. The summed E-state index contributed by atoms with van der Waals surface area (Å²) in [6.07, 6.45) is 0.927. The minimum atomic E-state index is -5.00. The van der Waals surface area contributed by atoms with Crippen molar-refractivity contribution in [1.82, 2.24) is 31.9 Å². The monoisotopic (exact) mass is 784 g/mol. The average Bonchev–Trinajstić information content (AvgIpc) is 3.09. The van der Waals surface area contributed by atoms with Crippen LogP contribution in [0.15, 0.2) is 35.2 Å². The summed E-state index contributed by atoms with van der Waals surface area (Å²) in [6.45, 7) is 2.82. The molecule has 0 radical (unpaired) electrons. The van der Waals surface area contributed by atoms with Gasteiger partial charge in [0.15, 0.2) is 33.5 Å². The molecule has 2 aromatic rings. The smallest absolute Gasteiger partial charge is 0.336 e. The lowest BCUT2D eigenvalue weighted by Gasteiger charge is -2.22. The Kier molecular flexibility index (Phi) is 18.4. The number of nitrogens with one attached hydrogen (secondary N) is 6. The van der Waals surface area contributed by atoms with Crippen molar-refractivity contribution in [1.29, 1.82) is 0 Å². The molecule has 13 N–H and O–H groups in total. The van der Waals surface area contributed by atoms with Crippen molar-refractivity contribution in [2.75, 3.05) is 52.4 Å². The molecule has 0 saturated carbocycles. The lowest BCUT2D eigenvalue weighted by Crippen LogP contribution is -2.47. The van der Waals surface area contributed by atoms with E-state index in [4.69, 9.17) is 0 Å². The molecule has 0 heterocycles. The van der Waals surface area contributed by atoms with E-state index in [2.05, 4.69) is 31.9 Å². The predicted octanol–water partition coefficient (Wildman–Crippen LogP) is -1.13. The van der Waals surface area contributed by atoms with E-state index < -0.39 is 85.9 Å². The molecule has 0 aliphatic rings. The van der Waals surface area contributed by atoms with Gasteiger partial charge in [-0.15, -0.1) is 0 Å². The zero-order chi connectivity index (χ0) is 40.3. The van der Waals surface area contributed by atoms with Crippen LogP contribution in [0, 0.1) is 0 Å². The molecule has 0 aliphatic heterocycles. The summed E-state index contributed by atoms with van der Waals surface area (Å²) in [6, 6.07) is 5.60. The number of aliphatic hydroxyl groups is 1. The first-order chi connectivity index (χ1) is 25.5. The van der Waals surface area contributed by atoms with Gasteiger partial charge in [-0.05, 0) is 88.6 Å². The summed E-state index contributed by atoms with van der Waals surface area (Å²) in [7, 11) is -5.00. The minimum Gasteiger partial charge on any atom is -0.504 e. The van der Waals surface area contributed by atoms with E-state index in [-0.39, 0.29) is 30.9 Å². The molecule has 0 saturated heterocycles. The number of carboxylic acid groups (broad SMARTS) is 1. The van der Waals surface area contributed by atoms with Crippen LogP contribution in [-0.2, 0) is 24.5 Å². The van der Waals surface area contributed by atoms with Crippen LogP contribution in [0.3, 0.4) is 0 Å². The molecule has 0 aromatic heterocycles. The number of phenolic OH excluding ortho intramolecular Hbond substituents is 4. The van der Waals surface area contributed by atoms with E-state index in [0.717, 1.165) is 18.2 Å². The molecule has 300 valence electrons. The van der Waals surface area contributed by atoms with E-state index in [9.17, 15) is 67.6 Å². The molecule has 0 fully saturated rings. The number of benzene rings is 2. The highest BCUT2D eigenvalue weighted by Crippen LogP contribution is 2.34. The number of carbonyl (C=O) groups is 5. The van der Waals surface area contributed by atoms with Gasteiger partial charge in [0.25, 0.3) is 21.9 Å². The first-order valence-corrected chi connectivity index (χ1v) is 18.4. The number of carbonyl (C=O) groups excluding carboxylic acids is 4. The molecule has 2 rings (SSSR count). The summed E-state index contributed by atoms with van der Waals surface area (Å²) in [5, 5.41) is 74.4. The first-order valence-electron chi connectivity index (χ1n) is 17.0. The fraction of sp³-hybridized carbons (Fsp3) is 0.485. The molecule has 2 aromatic carbocycles. The quantitative estimate of drug-likeness (QED) is 0.0322. The summed E-state index contributed by atoms with van der Waals surface area (Å²) in [5.41, 5.74) is -2.95. The Hall–Kier alpha value is -5.22. The number of aromatic hydroxyl groups is 4. The third kappa shape index (κ3) is 15.4. The van der Waals surface area contributed by atoms with Crippen LogP contribution in [0.4, 0.5) is 0 Å². The lowest BCUT2D eigenvalue weighted by atomic mass is 9.94. The third-order valence-corrected chi connectivity index (χ3v) is 8.67. The van der Waals surface area contributed by atoms with Crippen molar-refractivity contribution in [3.8, 4) is 23.0 Å². The Morgan fingerprint density at radius 3 is 1.57 bits per heavy atom. The van der Waals surface area contributed by atoms with Gasteiger partial charge in [0, 0.05) is 31.7 Å². The molecular weight excluding hydrogens is 736 g/mol. The van der Waals surface area contributed by atoms with Gasteiger partial charge in [-0.2, -0.15) is 8.42 Å². The molecule has 20 nitrogen and oxygen atoms in total. The maximum Gasteiger partial charge on any atom is 0.336 e. The standard InChI is InChI=1S/C33H48N6O14S/c40-23-8-6-21(18-25(23)42)30(46)38-16-4-13-35-11-3-15-37-27(44)20-33(50,32(48)49)19-26(43)36-14-2-1-10-34-12-5-17-39-31(47)22-7-9-24(41)28(45)29(22)54(51,52)53/h6-9,18,34-35,40-42,45,50H,1-5,10-17,19-20H2,(H,36,43)(H,37,44)(H,38,46)(H,39,47)(H,48,49)(H,51,52,53)/t33-/m0/s1. The predicted molar refractivity (Wildman–Crippen MR) is 191 cm³/mol. The fourth-order valence-electron chi connectivity index (χ4n) is 4.86. The van der Waals surface area contributed by atoms with Gasteiger partial charge >= 0.3 is 5.97 Å². The van der Waals surface area contributed by atoms with Crippen molar-refractivity contribution in [3.63, 3.8) is 0 Å². The van der Waals surface area contributed by atoms with Crippen molar-refractivity contribution in [2.45, 2.75) is 55.4 Å². The SMILES string of the molecule is O=C(C[C@](O)(CC(=O)NCCCNCCCNC(=O)c1ccc(O)c(O)c1)C(=O)O)NCCCCNCCCNC(=O)c1ccc(O)c(O)c1S(=O)(=O)O. The van der Waals surface area contributed by atoms with Gasteiger partial charge in [0.1, 0.15) is 0 Å². The Balaban J connectivity index is 1.53. The molecule has 0 bridgehead atoms. The summed E-state index contributed by atoms with van der Waals surface area (Å²) < 4.78 is 32.4. The van der Waals surface area contributed by atoms with Crippen LogP contribution < -0.4 is 31.9 Å². The second-order valence-electron chi connectivity index (χ2n) is 12.2. The van der Waals surface area contributed by atoms with Gasteiger partial charge in [-0.25, -0.2) is 4.79 Å². The van der Waals surface area contributed by atoms with Gasteiger partial charge in [-0.1, -0.05) is 0 Å². The van der Waals surface area contributed by atoms with E-state index >= 15 is 0 Å². The number of amides is 4. The van der Waals surface area contributed by atoms with E-state index in [1.54, 1.807) is 0 Å². The number of hydrogen-bond acceptors (Lipinski definition) is 14.